The van der Waals surface area contributed by atoms with E-state index in [1.165, 1.54) is 6.26 Å². The molecule has 19 heavy (non-hydrogen) atoms. The van der Waals surface area contributed by atoms with Crippen molar-refractivity contribution < 1.29 is 8.42 Å². The van der Waals surface area contributed by atoms with Crippen LogP contribution in [0.4, 0.5) is 0 Å². The number of nitrogens with zero attached hydrogens (tertiary/aromatic N) is 3. The van der Waals surface area contributed by atoms with Crippen molar-refractivity contribution >= 4 is 9.84 Å². The van der Waals surface area contributed by atoms with E-state index in [4.69, 9.17) is 5.73 Å². The first-order valence-electron chi connectivity index (χ1n) is 5.83. The van der Waals surface area contributed by atoms with Gasteiger partial charge in [-0.2, -0.15) is 0 Å². The van der Waals surface area contributed by atoms with Gasteiger partial charge in [0.15, 0.2) is 21.5 Å². The second kappa shape index (κ2) is 5.10. The molecule has 0 fully saturated rings. The van der Waals surface area contributed by atoms with Crippen LogP contribution in [0.1, 0.15) is 23.8 Å². The zero-order chi connectivity index (χ0) is 14.0. The molecule has 1 heterocycles. The average molecular weight is 280 g/mol. The Kier molecular flexibility index (Phi) is 3.68. The van der Waals surface area contributed by atoms with Crippen LogP contribution in [-0.4, -0.2) is 29.4 Å². The third kappa shape index (κ3) is 2.66. The molecule has 2 aromatic rings. The molecule has 102 valence electrons. The quantitative estimate of drug-likeness (QED) is 0.895. The van der Waals surface area contributed by atoms with Crippen LogP contribution >= 0.6 is 0 Å². The summed E-state index contributed by atoms with van der Waals surface area (Å²) in [4.78, 5) is 0. The van der Waals surface area contributed by atoms with E-state index in [9.17, 15) is 8.42 Å². The Morgan fingerprint density at radius 3 is 2.42 bits per heavy atom. The second-order valence-corrected chi connectivity index (χ2v) is 6.69. The molecule has 6 nitrogen and oxygen atoms in total. The normalized spacial score (nSPS) is 13.4. The predicted molar refractivity (Wildman–Crippen MR) is 72.5 cm³/mol. The summed E-state index contributed by atoms with van der Waals surface area (Å²) in [7, 11) is -3.25. The maximum atomic E-state index is 11.7. The van der Waals surface area contributed by atoms with Gasteiger partial charge >= 0.3 is 0 Å². The largest absolute Gasteiger partial charge is 0.324 e. The first kappa shape index (κ1) is 13.7. The molecule has 2 rings (SSSR count). The van der Waals surface area contributed by atoms with Gasteiger partial charge in [-0.1, -0.05) is 18.2 Å². The second-order valence-electron chi connectivity index (χ2n) is 4.32. The number of hydrogen-bond acceptors (Lipinski definition) is 5. The summed E-state index contributed by atoms with van der Waals surface area (Å²) in [6, 6.07) is 9.34. The summed E-state index contributed by atoms with van der Waals surface area (Å²) in [6.07, 6.45) is 1.18. The minimum Gasteiger partial charge on any atom is -0.324 e. The highest BCUT2D eigenvalue weighted by atomic mass is 32.2. The molecule has 0 bridgehead atoms. The maximum Gasteiger partial charge on any atom is 0.157 e. The highest BCUT2D eigenvalue weighted by Gasteiger charge is 2.25. The standard InChI is InChI=1S/C12H16N4O2S/c1-9(19(2,17)18)12-15-14-11(8-13)16(12)10-6-4-3-5-7-10/h3-7,9H,8,13H2,1-2H3. The lowest BCUT2D eigenvalue weighted by Gasteiger charge is -2.13. The van der Waals surface area contributed by atoms with Crippen molar-refractivity contribution in [3.05, 3.63) is 42.0 Å². The summed E-state index contributed by atoms with van der Waals surface area (Å²) in [5.41, 5.74) is 6.44. The molecule has 0 aliphatic carbocycles. The summed E-state index contributed by atoms with van der Waals surface area (Å²) in [5.74, 6) is 0.922. The molecular formula is C12H16N4O2S. The van der Waals surface area contributed by atoms with Crippen LogP contribution in [0.15, 0.2) is 30.3 Å². The number of hydrogen-bond donors (Lipinski definition) is 1. The third-order valence-electron chi connectivity index (χ3n) is 2.96. The highest BCUT2D eigenvalue weighted by molar-refractivity contribution is 7.90. The lowest BCUT2D eigenvalue weighted by atomic mass is 10.3. The van der Waals surface area contributed by atoms with E-state index in [0.29, 0.717) is 11.6 Å². The Balaban J connectivity index is 2.62. The topological polar surface area (TPSA) is 90.9 Å². The van der Waals surface area contributed by atoms with Crippen molar-refractivity contribution in [1.82, 2.24) is 14.8 Å². The number of benzene rings is 1. The minimum absolute atomic E-state index is 0.193. The lowest BCUT2D eigenvalue weighted by Crippen LogP contribution is -2.15. The van der Waals surface area contributed by atoms with Crippen molar-refractivity contribution in [3.63, 3.8) is 0 Å². The average Bonchev–Trinajstić information content (AvgIpc) is 2.81. The van der Waals surface area contributed by atoms with Gasteiger partial charge in [0.2, 0.25) is 0 Å². The van der Waals surface area contributed by atoms with E-state index >= 15 is 0 Å². The Morgan fingerprint density at radius 1 is 1.26 bits per heavy atom. The molecule has 1 aromatic carbocycles. The first-order chi connectivity index (χ1) is 8.95. The Labute approximate surface area is 112 Å². The molecule has 1 aromatic heterocycles. The summed E-state index contributed by atoms with van der Waals surface area (Å²) in [5, 5.41) is 7.22. The van der Waals surface area contributed by atoms with E-state index in [0.717, 1.165) is 5.69 Å². The van der Waals surface area contributed by atoms with E-state index in [-0.39, 0.29) is 6.54 Å². The summed E-state index contributed by atoms with van der Waals surface area (Å²) < 4.78 is 25.1. The van der Waals surface area contributed by atoms with Gasteiger partial charge in [0, 0.05) is 11.9 Å². The van der Waals surface area contributed by atoms with E-state index < -0.39 is 15.1 Å². The van der Waals surface area contributed by atoms with Crippen molar-refractivity contribution in [1.29, 1.82) is 0 Å². The number of aromatic nitrogens is 3. The van der Waals surface area contributed by atoms with E-state index in [2.05, 4.69) is 10.2 Å². The number of rotatable bonds is 4. The summed E-state index contributed by atoms with van der Waals surface area (Å²) in [6.45, 7) is 1.79. The van der Waals surface area contributed by atoms with Crippen LogP contribution in [-0.2, 0) is 16.4 Å². The van der Waals surface area contributed by atoms with Crippen molar-refractivity contribution in [2.75, 3.05) is 6.26 Å². The fourth-order valence-corrected chi connectivity index (χ4v) is 2.31. The SMILES string of the molecule is CC(c1nnc(CN)n1-c1ccccc1)S(C)(=O)=O. The number of nitrogens with two attached hydrogens (primary N) is 1. The molecule has 0 aliphatic rings. The van der Waals surface area contributed by atoms with Gasteiger partial charge in [0.25, 0.3) is 0 Å². The van der Waals surface area contributed by atoms with Gasteiger partial charge in [-0.3, -0.25) is 4.57 Å². The van der Waals surface area contributed by atoms with Crippen LogP contribution in [0.2, 0.25) is 0 Å². The van der Waals surface area contributed by atoms with Crippen LogP contribution in [0.25, 0.3) is 5.69 Å². The zero-order valence-electron chi connectivity index (χ0n) is 10.8. The fourth-order valence-electron chi connectivity index (χ4n) is 1.78. The molecule has 7 heteroatoms. The van der Waals surface area contributed by atoms with Gasteiger partial charge in [-0.05, 0) is 19.1 Å². The Bertz CT molecular complexity index is 664. The fraction of sp³-hybridized carbons (Fsp3) is 0.333. The van der Waals surface area contributed by atoms with Crippen LogP contribution in [0.5, 0.6) is 0 Å². The number of para-hydroxylation sites is 1. The molecule has 1 unspecified atom stereocenters. The minimum atomic E-state index is -3.25. The molecule has 0 spiro atoms. The third-order valence-corrected chi connectivity index (χ3v) is 4.45. The molecule has 2 N–H and O–H groups in total. The van der Waals surface area contributed by atoms with Crippen LogP contribution in [0.3, 0.4) is 0 Å². The molecule has 0 amide bonds. The van der Waals surface area contributed by atoms with E-state index in [1.807, 2.05) is 30.3 Å². The van der Waals surface area contributed by atoms with Crippen molar-refractivity contribution in [2.45, 2.75) is 18.7 Å². The van der Waals surface area contributed by atoms with Crippen LogP contribution < -0.4 is 5.73 Å². The maximum absolute atomic E-state index is 11.7. The smallest absolute Gasteiger partial charge is 0.157 e. The predicted octanol–water partition coefficient (Wildman–Crippen LogP) is 0.832. The lowest BCUT2D eigenvalue weighted by molar-refractivity contribution is 0.587. The molecule has 0 saturated heterocycles. The van der Waals surface area contributed by atoms with Gasteiger partial charge in [0.1, 0.15) is 5.25 Å². The molecule has 0 aliphatic heterocycles. The zero-order valence-corrected chi connectivity index (χ0v) is 11.6. The van der Waals surface area contributed by atoms with Gasteiger partial charge in [-0.25, -0.2) is 8.42 Å². The van der Waals surface area contributed by atoms with Gasteiger partial charge < -0.3 is 5.73 Å². The van der Waals surface area contributed by atoms with E-state index in [1.54, 1.807) is 11.5 Å². The molecule has 0 saturated carbocycles. The molecule has 1 atom stereocenters. The van der Waals surface area contributed by atoms with Crippen LogP contribution in [0, 0.1) is 0 Å². The molecular weight excluding hydrogens is 264 g/mol. The molecule has 0 radical (unpaired) electrons. The monoisotopic (exact) mass is 280 g/mol. The van der Waals surface area contributed by atoms with Gasteiger partial charge in [0.05, 0.1) is 6.54 Å². The highest BCUT2D eigenvalue weighted by Crippen LogP contribution is 2.23. The van der Waals surface area contributed by atoms with Crippen molar-refractivity contribution in [2.24, 2.45) is 5.73 Å². The van der Waals surface area contributed by atoms with Crippen molar-refractivity contribution in [3.8, 4) is 5.69 Å². The van der Waals surface area contributed by atoms with Gasteiger partial charge in [-0.15, -0.1) is 10.2 Å². The number of sulfone groups is 1. The first-order valence-corrected chi connectivity index (χ1v) is 7.79. The summed E-state index contributed by atoms with van der Waals surface area (Å²) >= 11 is 0. The Hall–Kier alpha value is -1.73. The Morgan fingerprint density at radius 2 is 1.89 bits per heavy atom.